The Balaban J connectivity index is 2.77. The molecular weight excluding hydrogens is 238 g/mol. The van der Waals surface area contributed by atoms with Crippen LogP contribution >= 0.6 is 0 Å². The molecule has 1 rings (SSSR count). The predicted molar refractivity (Wildman–Crippen MR) is 64.5 cm³/mol. The summed E-state index contributed by atoms with van der Waals surface area (Å²) in [5, 5.41) is 8.66. The van der Waals surface area contributed by atoms with E-state index in [4.69, 9.17) is 9.26 Å². The topological polar surface area (TPSA) is 93.5 Å². The molecule has 2 amide bonds. The number of carbonyl (C=O) groups is 2. The lowest BCUT2D eigenvalue weighted by atomic mass is 10.2. The second-order valence-corrected chi connectivity index (χ2v) is 3.57. The Morgan fingerprint density at radius 1 is 1.39 bits per heavy atom. The number of carbonyl (C=O) groups excluding carboxylic acids is 2. The lowest BCUT2D eigenvalue weighted by Crippen LogP contribution is -2.29. The highest BCUT2D eigenvalue weighted by Crippen LogP contribution is 2.20. The van der Waals surface area contributed by atoms with E-state index < -0.39 is 12.0 Å². The number of rotatable bonds is 5. The summed E-state index contributed by atoms with van der Waals surface area (Å²) in [6.07, 6.45) is 0.813. The van der Waals surface area contributed by atoms with E-state index in [2.05, 4.69) is 15.8 Å². The standard InChI is InChI=1S/C11H17N3O4/c1-4-6-12-11(16)13-9-8(7(3)14-18-9)10(15)17-5-2/h4-6H2,1-3H3,(H2,12,13,16). The highest BCUT2D eigenvalue weighted by Gasteiger charge is 2.23. The number of urea groups is 1. The van der Waals surface area contributed by atoms with Crippen LogP contribution < -0.4 is 10.6 Å². The van der Waals surface area contributed by atoms with Crippen molar-refractivity contribution < 1.29 is 18.8 Å². The zero-order valence-electron chi connectivity index (χ0n) is 10.7. The molecule has 1 heterocycles. The summed E-state index contributed by atoms with van der Waals surface area (Å²) in [6, 6.07) is -0.446. The number of nitrogens with one attached hydrogen (secondary N) is 2. The minimum absolute atomic E-state index is 0.000414. The molecule has 7 heteroatoms. The second kappa shape index (κ2) is 6.63. The number of aromatic nitrogens is 1. The molecule has 0 unspecified atom stereocenters. The molecule has 7 nitrogen and oxygen atoms in total. The summed E-state index contributed by atoms with van der Waals surface area (Å²) >= 11 is 0. The second-order valence-electron chi connectivity index (χ2n) is 3.57. The molecule has 100 valence electrons. The third kappa shape index (κ3) is 3.47. The van der Waals surface area contributed by atoms with Gasteiger partial charge in [0.15, 0.2) is 0 Å². The summed E-state index contributed by atoms with van der Waals surface area (Å²) in [5.74, 6) is -0.568. The molecular formula is C11H17N3O4. The monoisotopic (exact) mass is 255 g/mol. The summed E-state index contributed by atoms with van der Waals surface area (Å²) in [5.41, 5.74) is 0.516. The first kappa shape index (κ1) is 14.0. The van der Waals surface area contributed by atoms with Crippen LogP contribution in [0.2, 0.25) is 0 Å². The smallest absolute Gasteiger partial charge is 0.345 e. The van der Waals surface area contributed by atoms with E-state index in [1.54, 1.807) is 13.8 Å². The van der Waals surface area contributed by atoms with Gasteiger partial charge in [-0.3, -0.25) is 5.32 Å². The Morgan fingerprint density at radius 3 is 2.72 bits per heavy atom. The molecule has 0 fully saturated rings. The first-order valence-corrected chi connectivity index (χ1v) is 5.78. The van der Waals surface area contributed by atoms with Gasteiger partial charge in [-0.2, -0.15) is 0 Å². The molecule has 1 aromatic heterocycles. The van der Waals surface area contributed by atoms with E-state index >= 15 is 0 Å². The molecule has 1 aromatic rings. The molecule has 0 saturated carbocycles. The number of nitrogens with zero attached hydrogens (tertiary/aromatic N) is 1. The number of hydrogen-bond acceptors (Lipinski definition) is 5. The van der Waals surface area contributed by atoms with Crippen molar-refractivity contribution in [2.24, 2.45) is 0 Å². The Bertz CT molecular complexity index is 428. The average molecular weight is 255 g/mol. The van der Waals surface area contributed by atoms with Gasteiger partial charge in [0.25, 0.3) is 0 Å². The van der Waals surface area contributed by atoms with Crippen LogP contribution in [0.5, 0.6) is 0 Å². The molecule has 0 radical (unpaired) electrons. The van der Waals surface area contributed by atoms with Crippen molar-refractivity contribution in [1.29, 1.82) is 0 Å². The number of hydrogen-bond donors (Lipinski definition) is 2. The van der Waals surface area contributed by atoms with Crippen molar-refractivity contribution in [3.63, 3.8) is 0 Å². The summed E-state index contributed by atoms with van der Waals surface area (Å²) in [4.78, 5) is 23.1. The largest absolute Gasteiger partial charge is 0.462 e. The van der Waals surface area contributed by atoms with Crippen LogP contribution in [-0.4, -0.2) is 30.3 Å². The van der Waals surface area contributed by atoms with Crippen LogP contribution in [0.1, 0.15) is 36.3 Å². The molecule has 0 aliphatic rings. The van der Waals surface area contributed by atoms with Crippen molar-refractivity contribution in [3.8, 4) is 0 Å². The average Bonchev–Trinajstić information content (AvgIpc) is 2.68. The van der Waals surface area contributed by atoms with Crippen LogP contribution in [0.25, 0.3) is 0 Å². The molecule has 0 saturated heterocycles. The molecule has 0 aliphatic heterocycles. The Labute approximate surface area is 105 Å². The van der Waals surface area contributed by atoms with E-state index in [0.717, 1.165) is 6.42 Å². The fourth-order valence-corrected chi connectivity index (χ4v) is 1.28. The van der Waals surface area contributed by atoms with Crippen molar-refractivity contribution >= 4 is 17.9 Å². The quantitative estimate of drug-likeness (QED) is 0.781. The number of amides is 2. The fraction of sp³-hybridized carbons (Fsp3) is 0.545. The van der Waals surface area contributed by atoms with Crippen LogP contribution in [-0.2, 0) is 4.74 Å². The SMILES string of the molecule is CCCNC(=O)Nc1onc(C)c1C(=O)OCC. The zero-order valence-corrected chi connectivity index (χ0v) is 10.7. The Morgan fingerprint density at radius 2 is 2.11 bits per heavy atom. The summed E-state index contributed by atoms with van der Waals surface area (Å²) in [7, 11) is 0. The lowest BCUT2D eigenvalue weighted by molar-refractivity contribution is 0.0526. The van der Waals surface area contributed by atoms with Gasteiger partial charge in [0.1, 0.15) is 5.56 Å². The number of ether oxygens (including phenoxy) is 1. The maximum absolute atomic E-state index is 11.6. The number of anilines is 1. The van der Waals surface area contributed by atoms with Crippen LogP contribution in [0.15, 0.2) is 4.52 Å². The van der Waals surface area contributed by atoms with E-state index in [9.17, 15) is 9.59 Å². The highest BCUT2D eigenvalue weighted by molar-refractivity contribution is 5.99. The van der Waals surface area contributed by atoms with Crippen molar-refractivity contribution in [2.45, 2.75) is 27.2 Å². The zero-order chi connectivity index (χ0) is 13.5. The van der Waals surface area contributed by atoms with Crippen LogP contribution in [0.3, 0.4) is 0 Å². The lowest BCUT2D eigenvalue weighted by Gasteiger charge is -2.05. The Hall–Kier alpha value is -2.05. The van der Waals surface area contributed by atoms with Gasteiger partial charge in [0.05, 0.1) is 12.3 Å². The van der Waals surface area contributed by atoms with Gasteiger partial charge in [0, 0.05) is 6.54 Å². The van der Waals surface area contributed by atoms with E-state index in [-0.39, 0.29) is 18.1 Å². The van der Waals surface area contributed by atoms with Crippen molar-refractivity contribution in [2.75, 3.05) is 18.5 Å². The number of aryl methyl sites for hydroxylation is 1. The molecule has 0 spiro atoms. The molecule has 0 atom stereocenters. The molecule has 0 aliphatic carbocycles. The van der Waals surface area contributed by atoms with E-state index in [1.807, 2.05) is 6.92 Å². The third-order valence-corrected chi connectivity index (χ3v) is 2.10. The van der Waals surface area contributed by atoms with E-state index in [1.165, 1.54) is 0 Å². The van der Waals surface area contributed by atoms with Gasteiger partial charge in [-0.25, -0.2) is 9.59 Å². The van der Waals surface area contributed by atoms with Gasteiger partial charge in [-0.05, 0) is 20.3 Å². The van der Waals surface area contributed by atoms with Gasteiger partial charge in [0.2, 0.25) is 5.88 Å². The first-order valence-electron chi connectivity index (χ1n) is 5.78. The Kier molecular flexibility index (Phi) is 5.16. The van der Waals surface area contributed by atoms with Crippen LogP contribution in [0.4, 0.5) is 10.7 Å². The summed E-state index contributed by atoms with van der Waals surface area (Å²) < 4.78 is 9.75. The normalized spacial score (nSPS) is 9.94. The third-order valence-electron chi connectivity index (χ3n) is 2.10. The maximum atomic E-state index is 11.6. The maximum Gasteiger partial charge on any atom is 0.345 e. The molecule has 2 N–H and O–H groups in total. The van der Waals surface area contributed by atoms with Gasteiger partial charge in [-0.15, -0.1) is 0 Å². The first-order chi connectivity index (χ1) is 8.60. The van der Waals surface area contributed by atoms with Crippen molar-refractivity contribution in [3.05, 3.63) is 11.3 Å². The van der Waals surface area contributed by atoms with Crippen LogP contribution in [0, 0.1) is 6.92 Å². The minimum Gasteiger partial charge on any atom is -0.462 e. The highest BCUT2D eigenvalue weighted by atomic mass is 16.5. The fourth-order valence-electron chi connectivity index (χ4n) is 1.28. The van der Waals surface area contributed by atoms with Gasteiger partial charge in [-0.1, -0.05) is 12.1 Å². The van der Waals surface area contributed by atoms with Gasteiger partial charge < -0.3 is 14.6 Å². The molecule has 18 heavy (non-hydrogen) atoms. The van der Waals surface area contributed by atoms with E-state index in [0.29, 0.717) is 12.2 Å². The number of esters is 1. The molecule has 0 bridgehead atoms. The molecule has 0 aromatic carbocycles. The predicted octanol–water partition coefficient (Wildman–Crippen LogP) is 1.69. The van der Waals surface area contributed by atoms with Crippen molar-refractivity contribution in [1.82, 2.24) is 10.5 Å². The van der Waals surface area contributed by atoms with Gasteiger partial charge >= 0.3 is 12.0 Å². The minimum atomic E-state index is -0.568. The summed E-state index contributed by atoms with van der Waals surface area (Å²) in [6.45, 7) is 6.01.